The Kier molecular flexibility index (Phi) is 4.64. The molecular weight excluding hydrogens is 290 g/mol. The molecule has 2 aromatic rings. The normalized spacial score (nSPS) is 11.8. The maximum Gasteiger partial charge on any atom is 0.244 e. The van der Waals surface area contributed by atoms with Crippen LogP contribution in [0.4, 0.5) is 5.82 Å². The number of hydrogen-bond acceptors (Lipinski definition) is 5. The van der Waals surface area contributed by atoms with E-state index in [9.17, 15) is 8.42 Å². The lowest BCUT2D eigenvalue weighted by atomic mass is 10.3. The third-order valence-corrected chi connectivity index (χ3v) is 4.96. The van der Waals surface area contributed by atoms with E-state index in [2.05, 4.69) is 4.98 Å². The van der Waals surface area contributed by atoms with E-state index in [1.54, 1.807) is 24.7 Å². The summed E-state index contributed by atoms with van der Waals surface area (Å²) in [6.07, 6.45) is 4.71. The van der Waals surface area contributed by atoms with E-state index in [0.717, 1.165) is 17.9 Å². The fourth-order valence-corrected chi connectivity index (χ4v) is 2.73. The number of furan rings is 1. The molecule has 0 aliphatic rings. The number of anilines is 1. The van der Waals surface area contributed by atoms with Crippen molar-refractivity contribution in [2.75, 3.05) is 25.5 Å². The number of hydrogen-bond donors (Lipinski definition) is 0. The molecule has 0 atom stereocenters. The average Bonchev–Trinajstić information content (AvgIpc) is 2.97. The molecule has 0 saturated carbocycles. The molecule has 2 heterocycles. The summed E-state index contributed by atoms with van der Waals surface area (Å²) in [6.45, 7) is 3.45. The topological polar surface area (TPSA) is 66.7 Å². The van der Waals surface area contributed by atoms with Crippen molar-refractivity contribution in [1.29, 1.82) is 0 Å². The van der Waals surface area contributed by atoms with Crippen molar-refractivity contribution in [1.82, 2.24) is 9.29 Å². The van der Waals surface area contributed by atoms with Gasteiger partial charge in [-0.15, -0.1) is 0 Å². The van der Waals surface area contributed by atoms with Crippen molar-refractivity contribution in [2.24, 2.45) is 0 Å². The number of pyridine rings is 1. The van der Waals surface area contributed by atoms with Crippen LogP contribution in [0, 0.1) is 0 Å². The van der Waals surface area contributed by atoms with Crippen molar-refractivity contribution in [2.45, 2.75) is 18.4 Å². The van der Waals surface area contributed by atoms with E-state index in [1.807, 2.05) is 17.9 Å². The van der Waals surface area contributed by atoms with Gasteiger partial charge in [0.1, 0.15) is 10.7 Å². The van der Waals surface area contributed by atoms with Crippen molar-refractivity contribution in [3.63, 3.8) is 0 Å². The Bertz CT molecular complexity index is 664. The third-order valence-electron chi connectivity index (χ3n) is 3.16. The van der Waals surface area contributed by atoms with E-state index >= 15 is 0 Å². The maximum absolute atomic E-state index is 12.0. The Hall–Kier alpha value is -1.86. The molecule has 6 nitrogen and oxygen atoms in total. The highest BCUT2D eigenvalue weighted by Crippen LogP contribution is 2.18. The first kappa shape index (κ1) is 15.5. The minimum Gasteiger partial charge on any atom is -0.472 e. The molecule has 0 N–H and O–H groups in total. The van der Waals surface area contributed by atoms with Crippen molar-refractivity contribution < 1.29 is 12.8 Å². The van der Waals surface area contributed by atoms with Gasteiger partial charge in [0.15, 0.2) is 0 Å². The molecule has 0 aliphatic carbocycles. The molecule has 2 rings (SSSR count). The standard InChI is InChI=1S/C14H19N3O3S/c1-4-17(10-12-7-8-20-11-12)14-6-5-13(9-15-14)21(18,19)16(2)3/h5-9,11H,4,10H2,1-3H3. The lowest BCUT2D eigenvalue weighted by Crippen LogP contribution is -2.24. The summed E-state index contributed by atoms with van der Waals surface area (Å²) < 4.78 is 30.2. The van der Waals surface area contributed by atoms with Gasteiger partial charge in [0.2, 0.25) is 10.0 Å². The van der Waals surface area contributed by atoms with Gasteiger partial charge in [-0.05, 0) is 25.1 Å². The molecule has 0 fully saturated rings. The molecule has 2 aromatic heterocycles. The molecule has 0 saturated heterocycles. The second kappa shape index (κ2) is 6.28. The largest absolute Gasteiger partial charge is 0.472 e. The first-order chi connectivity index (χ1) is 9.95. The SMILES string of the molecule is CCN(Cc1ccoc1)c1ccc(S(=O)(=O)N(C)C)cn1. The van der Waals surface area contributed by atoms with E-state index in [1.165, 1.54) is 24.6 Å². The van der Waals surface area contributed by atoms with Gasteiger partial charge in [-0.2, -0.15) is 0 Å². The summed E-state index contributed by atoms with van der Waals surface area (Å²) >= 11 is 0. The molecule has 0 aromatic carbocycles. The Morgan fingerprint density at radius 1 is 1.24 bits per heavy atom. The summed E-state index contributed by atoms with van der Waals surface area (Å²) in [5.41, 5.74) is 1.05. The quantitative estimate of drug-likeness (QED) is 0.816. The summed E-state index contributed by atoms with van der Waals surface area (Å²) in [7, 11) is -0.438. The Labute approximate surface area is 125 Å². The minimum atomic E-state index is -3.44. The third kappa shape index (κ3) is 3.43. The second-order valence-corrected chi connectivity index (χ2v) is 6.94. The number of sulfonamides is 1. The fourth-order valence-electron chi connectivity index (χ4n) is 1.88. The molecule has 0 spiro atoms. The van der Waals surface area contributed by atoms with Crippen LogP contribution in [-0.4, -0.2) is 38.3 Å². The van der Waals surface area contributed by atoms with E-state index < -0.39 is 10.0 Å². The molecule has 114 valence electrons. The van der Waals surface area contributed by atoms with E-state index in [0.29, 0.717) is 6.54 Å². The zero-order valence-corrected chi connectivity index (χ0v) is 13.2. The molecule has 0 amide bonds. The van der Waals surface area contributed by atoms with Gasteiger partial charge in [-0.3, -0.25) is 0 Å². The predicted molar refractivity (Wildman–Crippen MR) is 80.5 cm³/mol. The second-order valence-electron chi connectivity index (χ2n) is 4.79. The fraction of sp³-hybridized carbons (Fsp3) is 0.357. The first-order valence-corrected chi connectivity index (χ1v) is 8.03. The van der Waals surface area contributed by atoms with Crippen LogP contribution < -0.4 is 4.90 Å². The van der Waals surface area contributed by atoms with Crippen molar-refractivity contribution in [3.05, 3.63) is 42.5 Å². The number of aromatic nitrogens is 1. The summed E-state index contributed by atoms with van der Waals surface area (Å²) in [4.78, 5) is 6.50. The predicted octanol–water partition coefficient (Wildman–Crippen LogP) is 1.95. The molecule has 7 heteroatoms. The molecular formula is C14H19N3O3S. The van der Waals surface area contributed by atoms with Crippen molar-refractivity contribution >= 4 is 15.8 Å². The van der Waals surface area contributed by atoms with E-state index in [4.69, 9.17) is 4.42 Å². The van der Waals surface area contributed by atoms with Gasteiger partial charge in [-0.25, -0.2) is 17.7 Å². The Morgan fingerprint density at radius 2 is 2.00 bits per heavy atom. The lowest BCUT2D eigenvalue weighted by Gasteiger charge is -2.21. The smallest absolute Gasteiger partial charge is 0.244 e. The Morgan fingerprint density at radius 3 is 2.48 bits per heavy atom. The maximum atomic E-state index is 12.0. The highest BCUT2D eigenvalue weighted by molar-refractivity contribution is 7.89. The van der Waals surface area contributed by atoms with E-state index in [-0.39, 0.29) is 4.90 Å². The molecule has 0 unspecified atom stereocenters. The summed E-state index contributed by atoms with van der Waals surface area (Å²) in [5.74, 6) is 0.733. The van der Waals surface area contributed by atoms with Crippen LogP contribution in [0.25, 0.3) is 0 Å². The highest BCUT2D eigenvalue weighted by atomic mass is 32.2. The lowest BCUT2D eigenvalue weighted by molar-refractivity contribution is 0.520. The average molecular weight is 309 g/mol. The van der Waals surface area contributed by atoms with Gasteiger partial charge in [-0.1, -0.05) is 0 Å². The van der Waals surface area contributed by atoms with Crippen LogP contribution in [0.5, 0.6) is 0 Å². The zero-order valence-electron chi connectivity index (χ0n) is 12.4. The molecule has 0 radical (unpaired) electrons. The number of nitrogens with zero attached hydrogens (tertiary/aromatic N) is 3. The molecule has 0 aliphatic heterocycles. The van der Waals surface area contributed by atoms with Crippen LogP contribution in [0.2, 0.25) is 0 Å². The monoisotopic (exact) mass is 309 g/mol. The van der Waals surface area contributed by atoms with Gasteiger partial charge >= 0.3 is 0 Å². The van der Waals surface area contributed by atoms with Crippen LogP contribution in [-0.2, 0) is 16.6 Å². The number of rotatable bonds is 6. The van der Waals surface area contributed by atoms with Gasteiger partial charge in [0, 0.05) is 38.9 Å². The van der Waals surface area contributed by atoms with Crippen LogP contribution in [0.1, 0.15) is 12.5 Å². The van der Waals surface area contributed by atoms with Crippen LogP contribution in [0.15, 0.2) is 46.2 Å². The van der Waals surface area contributed by atoms with Gasteiger partial charge in [0.25, 0.3) is 0 Å². The van der Waals surface area contributed by atoms with Crippen LogP contribution in [0.3, 0.4) is 0 Å². The van der Waals surface area contributed by atoms with Crippen molar-refractivity contribution in [3.8, 4) is 0 Å². The van der Waals surface area contributed by atoms with Crippen LogP contribution >= 0.6 is 0 Å². The summed E-state index contributed by atoms with van der Waals surface area (Å²) in [5, 5.41) is 0. The van der Waals surface area contributed by atoms with Gasteiger partial charge in [0.05, 0.1) is 12.5 Å². The molecule has 21 heavy (non-hydrogen) atoms. The molecule has 0 bridgehead atoms. The minimum absolute atomic E-state index is 0.190. The van der Waals surface area contributed by atoms with Gasteiger partial charge < -0.3 is 9.32 Å². The zero-order chi connectivity index (χ0) is 15.5. The summed E-state index contributed by atoms with van der Waals surface area (Å²) in [6, 6.07) is 5.20. The first-order valence-electron chi connectivity index (χ1n) is 6.59. The highest BCUT2D eigenvalue weighted by Gasteiger charge is 2.18. The Balaban J connectivity index is 2.21.